The molecular formula is C35H36O. The maximum absolute atomic E-state index is 6.78. The van der Waals surface area contributed by atoms with Crippen LogP contribution in [0.3, 0.4) is 0 Å². The van der Waals surface area contributed by atoms with Gasteiger partial charge in [0.15, 0.2) is 0 Å². The van der Waals surface area contributed by atoms with Gasteiger partial charge in [-0.25, -0.2) is 0 Å². The van der Waals surface area contributed by atoms with Crippen molar-refractivity contribution in [2.45, 2.75) is 46.6 Å². The van der Waals surface area contributed by atoms with Crippen LogP contribution in [0.1, 0.15) is 46.1 Å². The van der Waals surface area contributed by atoms with Crippen LogP contribution in [0.25, 0.3) is 38.7 Å². The summed E-state index contributed by atoms with van der Waals surface area (Å²) in [6, 6.07) is 26.1. The lowest BCUT2D eigenvalue weighted by atomic mass is 9.88. The van der Waals surface area contributed by atoms with Crippen LogP contribution in [-0.2, 0) is 0 Å². The molecule has 1 aliphatic heterocycles. The number of ether oxygens (including phenoxy) is 1. The van der Waals surface area contributed by atoms with Gasteiger partial charge in [-0.1, -0.05) is 125 Å². The summed E-state index contributed by atoms with van der Waals surface area (Å²) >= 11 is 0. The van der Waals surface area contributed by atoms with Crippen molar-refractivity contribution >= 4 is 27.6 Å². The Morgan fingerprint density at radius 3 is 2.14 bits per heavy atom. The Kier molecular flexibility index (Phi) is 8.23. The number of hydrogen-bond donors (Lipinski definition) is 0. The molecule has 182 valence electrons. The van der Waals surface area contributed by atoms with Gasteiger partial charge in [-0.2, -0.15) is 0 Å². The Labute approximate surface area is 216 Å². The fourth-order valence-electron chi connectivity index (χ4n) is 4.97. The van der Waals surface area contributed by atoms with E-state index >= 15 is 0 Å². The average Bonchev–Trinajstić information content (AvgIpc) is 3.03. The van der Waals surface area contributed by atoms with Crippen molar-refractivity contribution in [2.24, 2.45) is 0 Å². The van der Waals surface area contributed by atoms with E-state index in [0.29, 0.717) is 0 Å². The van der Waals surface area contributed by atoms with Gasteiger partial charge in [0.1, 0.15) is 11.9 Å². The van der Waals surface area contributed by atoms with E-state index in [-0.39, 0.29) is 6.10 Å². The molecule has 0 saturated heterocycles. The molecule has 0 saturated carbocycles. The number of fused-ring (bicyclic) bond motifs is 4. The van der Waals surface area contributed by atoms with E-state index in [1.54, 1.807) is 0 Å². The first-order valence-electron chi connectivity index (χ1n) is 13.2. The summed E-state index contributed by atoms with van der Waals surface area (Å²) in [4.78, 5) is 0. The molecule has 36 heavy (non-hydrogen) atoms. The zero-order valence-corrected chi connectivity index (χ0v) is 21.9. The summed E-state index contributed by atoms with van der Waals surface area (Å²) in [5.74, 6) is 0.975. The van der Waals surface area contributed by atoms with Gasteiger partial charge in [-0.05, 0) is 57.7 Å². The second-order valence-electron chi connectivity index (χ2n) is 8.51. The first-order valence-corrected chi connectivity index (χ1v) is 13.2. The van der Waals surface area contributed by atoms with Gasteiger partial charge < -0.3 is 4.74 Å². The molecule has 0 fully saturated rings. The highest BCUT2D eigenvalue weighted by Gasteiger charge is 2.26. The molecule has 1 heteroatoms. The summed E-state index contributed by atoms with van der Waals surface area (Å²) < 4.78 is 6.78. The molecule has 1 nitrogen and oxygen atoms in total. The van der Waals surface area contributed by atoms with E-state index in [2.05, 4.69) is 110 Å². The monoisotopic (exact) mass is 472 g/mol. The largest absolute Gasteiger partial charge is 0.484 e. The van der Waals surface area contributed by atoms with Gasteiger partial charge in [-0.3, -0.25) is 0 Å². The molecule has 0 amide bonds. The number of para-hydroxylation sites is 1. The van der Waals surface area contributed by atoms with Crippen LogP contribution in [0.15, 0.2) is 115 Å². The van der Waals surface area contributed by atoms with Crippen molar-refractivity contribution in [3.63, 3.8) is 0 Å². The zero-order valence-electron chi connectivity index (χ0n) is 21.9. The summed E-state index contributed by atoms with van der Waals surface area (Å²) in [5, 5.41) is 5.00. The van der Waals surface area contributed by atoms with Crippen molar-refractivity contribution in [3.8, 4) is 16.9 Å². The van der Waals surface area contributed by atoms with Crippen LogP contribution < -0.4 is 4.74 Å². The lowest BCUT2D eigenvalue weighted by Crippen LogP contribution is -2.23. The molecule has 0 spiro atoms. The fraction of sp³-hybridized carbons (Fsp3) is 0.200. The summed E-state index contributed by atoms with van der Waals surface area (Å²) in [6.07, 6.45) is 12.7. The van der Waals surface area contributed by atoms with Crippen LogP contribution in [0.2, 0.25) is 0 Å². The Hall–Kier alpha value is -3.84. The number of rotatable bonds is 1. The zero-order chi connectivity index (χ0) is 25.5. The van der Waals surface area contributed by atoms with E-state index in [1.807, 2.05) is 27.7 Å². The minimum Gasteiger partial charge on any atom is -0.484 e. The smallest absolute Gasteiger partial charge is 0.135 e. The molecule has 0 bridgehead atoms. The second kappa shape index (κ2) is 11.7. The van der Waals surface area contributed by atoms with Gasteiger partial charge in [0.2, 0.25) is 0 Å². The summed E-state index contributed by atoms with van der Waals surface area (Å²) in [7, 11) is 0. The van der Waals surface area contributed by atoms with Crippen molar-refractivity contribution in [1.29, 1.82) is 0 Å². The van der Waals surface area contributed by atoms with Crippen LogP contribution in [0.5, 0.6) is 5.75 Å². The lowest BCUT2D eigenvalue weighted by Gasteiger charge is -2.29. The number of allylic oxidation sites excluding steroid dienone is 4. The normalized spacial score (nSPS) is 17.8. The summed E-state index contributed by atoms with van der Waals surface area (Å²) in [6.45, 7) is 12.3. The van der Waals surface area contributed by atoms with Crippen LogP contribution in [0, 0.1) is 0 Å². The molecule has 6 rings (SSSR count). The predicted octanol–water partition coefficient (Wildman–Crippen LogP) is 10.3. The molecular weight excluding hydrogens is 436 g/mol. The number of benzene rings is 4. The molecule has 1 aliphatic carbocycles. The molecule has 0 N–H and O–H groups in total. The minimum absolute atomic E-state index is 0.00444. The van der Waals surface area contributed by atoms with Gasteiger partial charge in [-0.15, -0.1) is 0 Å². The highest BCUT2D eigenvalue weighted by atomic mass is 16.5. The molecule has 2 aliphatic rings. The van der Waals surface area contributed by atoms with Gasteiger partial charge in [0.05, 0.1) is 0 Å². The fourth-order valence-corrected chi connectivity index (χ4v) is 4.97. The Morgan fingerprint density at radius 2 is 1.44 bits per heavy atom. The van der Waals surface area contributed by atoms with Crippen LogP contribution in [0.4, 0.5) is 0 Å². The van der Waals surface area contributed by atoms with Crippen molar-refractivity contribution in [2.75, 3.05) is 0 Å². The highest BCUT2D eigenvalue weighted by Crippen LogP contribution is 2.45. The van der Waals surface area contributed by atoms with Crippen molar-refractivity contribution < 1.29 is 4.74 Å². The Morgan fingerprint density at radius 1 is 0.778 bits per heavy atom. The van der Waals surface area contributed by atoms with Gasteiger partial charge in [0.25, 0.3) is 0 Å². The third-order valence-corrected chi connectivity index (χ3v) is 6.51. The molecule has 1 heterocycles. The minimum atomic E-state index is 0.00444. The molecule has 0 unspecified atom stereocenters. The van der Waals surface area contributed by atoms with Crippen LogP contribution >= 0.6 is 0 Å². The molecule has 4 aromatic carbocycles. The third kappa shape index (κ3) is 4.79. The van der Waals surface area contributed by atoms with Gasteiger partial charge in [0, 0.05) is 16.7 Å². The SMILES string of the molecule is C=C1/C=C\C=C/CC[C@@H]2Oc3c(cccc3-c3c4ccccc4cc4ccccc34)C=C12.CC.CC. The van der Waals surface area contributed by atoms with E-state index in [0.717, 1.165) is 35.3 Å². The topological polar surface area (TPSA) is 9.23 Å². The molecule has 0 aromatic heterocycles. The van der Waals surface area contributed by atoms with Crippen LogP contribution in [-0.4, -0.2) is 6.10 Å². The predicted molar refractivity (Wildman–Crippen MR) is 159 cm³/mol. The lowest BCUT2D eigenvalue weighted by molar-refractivity contribution is 0.228. The molecule has 4 aromatic rings. The third-order valence-electron chi connectivity index (χ3n) is 6.51. The first-order chi connectivity index (χ1) is 17.8. The van der Waals surface area contributed by atoms with E-state index < -0.39 is 0 Å². The maximum atomic E-state index is 6.78. The Balaban J connectivity index is 0.000000726. The average molecular weight is 473 g/mol. The standard InChI is InChI=1S/C31H24O.2C2H6/c1-21-11-4-2-3-5-18-29-28(21)20-24-14-10-17-27(31(24)32-29)30-25-15-8-6-12-22(25)19-23-13-7-9-16-26(23)30;2*1-2/h2-4,6-17,19-20,29H,1,5,18H2;2*1-2H3/b3-2-,11-4-;;/t29-;;/m0../s1. The number of hydrogen-bond acceptors (Lipinski definition) is 1. The highest BCUT2D eigenvalue weighted by molar-refractivity contribution is 6.13. The first kappa shape index (κ1) is 25.3. The molecule has 1 atom stereocenters. The Bertz CT molecular complexity index is 1410. The van der Waals surface area contributed by atoms with Gasteiger partial charge >= 0.3 is 0 Å². The molecule has 0 radical (unpaired) electrons. The van der Waals surface area contributed by atoms with E-state index in [9.17, 15) is 0 Å². The summed E-state index contributed by atoms with van der Waals surface area (Å²) in [5.41, 5.74) is 5.72. The van der Waals surface area contributed by atoms with E-state index in [4.69, 9.17) is 4.74 Å². The van der Waals surface area contributed by atoms with Crippen molar-refractivity contribution in [3.05, 3.63) is 120 Å². The second-order valence-corrected chi connectivity index (χ2v) is 8.51. The van der Waals surface area contributed by atoms with Crippen molar-refractivity contribution in [1.82, 2.24) is 0 Å². The maximum Gasteiger partial charge on any atom is 0.135 e. The van der Waals surface area contributed by atoms with E-state index in [1.165, 1.54) is 32.7 Å². The quantitative estimate of drug-likeness (QED) is 0.250.